The third-order valence-corrected chi connectivity index (χ3v) is 8.14. The van der Waals surface area contributed by atoms with E-state index in [0.717, 1.165) is 16.3 Å². The Morgan fingerprint density at radius 2 is 1.79 bits per heavy atom. The largest absolute Gasteiger partial charge is 0.493 e. The van der Waals surface area contributed by atoms with Crippen LogP contribution in [0.15, 0.2) is 65.6 Å². The average Bonchev–Trinajstić information content (AvgIpc) is 3.28. The van der Waals surface area contributed by atoms with Crippen LogP contribution in [0, 0.1) is 4.77 Å². The summed E-state index contributed by atoms with van der Waals surface area (Å²) >= 11 is 7.36. The molecule has 3 aromatic rings. The summed E-state index contributed by atoms with van der Waals surface area (Å²) in [6.07, 6.45) is 4.94. The van der Waals surface area contributed by atoms with E-state index in [4.69, 9.17) is 16.8 Å². The third kappa shape index (κ3) is 5.25. The summed E-state index contributed by atoms with van der Waals surface area (Å²) in [5.74, 6) is -0.124. The number of aromatic nitrogens is 2. The normalized spacial score (nSPS) is 15.8. The minimum absolute atomic E-state index is 0.0368. The Kier molecular flexibility index (Phi) is 7.51. The van der Waals surface area contributed by atoms with Crippen molar-refractivity contribution in [3.8, 4) is 11.6 Å². The van der Waals surface area contributed by atoms with Crippen molar-refractivity contribution in [1.82, 2.24) is 9.13 Å². The van der Waals surface area contributed by atoms with Gasteiger partial charge in [-0.05, 0) is 68.4 Å². The molecule has 0 aliphatic carbocycles. The number of thioether (sulfide) groups is 1. The molecule has 0 saturated carbocycles. The lowest BCUT2D eigenvalue weighted by atomic mass is 10.2. The fourth-order valence-electron chi connectivity index (χ4n) is 4.07. The summed E-state index contributed by atoms with van der Waals surface area (Å²) in [7, 11) is -3.96. The summed E-state index contributed by atoms with van der Waals surface area (Å²) in [6.45, 7) is 3.13. The van der Waals surface area contributed by atoms with E-state index < -0.39 is 10.1 Å². The Morgan fingerprint density at radius 3 is 2.50 bits per heavy atom. The van der Waals surface area contributed by atoms with Gasteiger partial charge in [-0.3, -0.25) is 13.7 Å². The molecule has 1 aliphatic heterocycles. The summed E-state index contributed by atoms with van der Waals surface area (Å²) in [6, 6.07) is 17.8. The van der Waals surface area contributed by atoms with Gasteiger partial charge in [0.15, 0.2) is 4.77 Å². The predicted octanol–water partition coefficient (Wildman–Crippen LogP) is 5.35. The number of hydrogen-bond donors (Lipinski definition) is 2. The van der Waals surface area contributed by atoms with E-state index >= 15 is 0 Å². The highest BCUT2D eigenvalue weighted by molar-refractivity contribution is 8.00. The number of hydrogen-bond acceptors (Lipinski definition) is 6. The molecule has 1 aromatic heterocycles. The first kappa shape index (κ1) is 24.6. The van der Waals surface area contributed by atoms with E-state index in [0.29, 0.717) is 36.4 Å². The predicted molar refractivity (Wildman–Crippen MR) is 140 cm³/mol. The van der Waals surface area contributed by atoms with E-state index in [9.17, 15) is 13.5 Å². The van der Waals surface area contributed by atoms with Gasteiger partial charge in [0, 0.05) is 23.7 Å². The molecule has 0 spiro atoms. The second-order valence-corrected chi connectivity index (χ2v) is 11.0. The number of rotatable bonds is 9. The summed E-state index contributed by atoms with van der Waals surface area (Å²) in [5, 5.41) is 10.9. The number of fused-ring (bicyclic) bond motifs is 1. The van der Waals surface area contributed by atoms with Crippen LogP contribution >= 0.6 is 24.0 Å². The van der Waals surface area contributed by atoms with Gasteiger partial charge in [0.1, 0.15) is 5.69 Å². The first-order chi connectivity index (χ1) is 16.3. The molecule has 2 N–H and O–H groups in total. The molecule has 2 aromatic carbocycles. The van der Waals surface area contributed by atoms with Gasteiger partial charge in [0.25, 0.3) is 10.1 Å². The van der Waals surface area contributed by atoms with Crippen LogP contribution in [0.1, 0.15) is 25.5 Å². The Balaban J connectivity index is 1.64. The SMILES string of the molecule is CCn1c(O)c(C=CC2Sc3ccccc3N2CCCCS(=O)(=O)O)n(-c2ccccc2)c1=S. The lowest BCUT2D eigenvalue weighted by molar-refractivity contribution is 0.419. The number of benzene rings is 2. The molecule has 34 heavy (non-hydrogen) atoms. The quantitative estimate of drug-likeness (QED) is 0.225. The van der Waals surface area contributed by atoms with Crippen LogP contribution in [0.3, 0.4) is 0 Å². The average molecular weight is 518 g/mol. The van der Waals surface area contributed by atoms with Crippen molar-refractivity contribution < 1.29 is 18.1 Å². The molecule has 0 fully saturated rings. The number of nitrogens with zero attached hydrogens (tertiary/aromatic N) is 3. The van der Waals surface area contributed by atoms with Crippen LogP contribution in [-0.4, -0.2) is 44.9 Å². The summed E-state index contributed by atoms with van der Waals surface area (Å²) in [5.41, 5.74) is 2.57. The highest BCUT2D eigenvalue weighted by Crippen LogP contribution is 2.44. The monoisotopic (exact) mass is 517 g/mol. The third-order valence-electron chi connectivity index (χ3n) is 5.68. The van der Waals surface area contributed by atoms with E-state index in [-0.39, 0.29) is 17.0 Å². The van der Waals surface area contributed by atoms with Gasteiger partial charge in [0.05, 0.1) is 16.8 Å². The smallest absolute Gasteiger partial charge is 0.264 e. The van der Waals surface area contributed by atoms with Crippen molar-refractivity contribution in [1.29, 1.82) is 0 Å². The van der Waals surface area contributed by atoms with Gasteiger partial charge in [-0.15, -0.1) is 0 Å². The lowest BCUT2D eigenvalue weighted by Gasteiger charge is -2.24. The Hall–Kier alpha value is -2.53. The molecule has 0 radical (unpaired) electrons. The van der Waals surface area contributed by atoms with E-state index in [1.807, 2.05) is 66.1 Å². The highest BCUT2D eigenvalue weighted by Gasteiger charge is 2.28. The summed E-state index contributed by atoms with van der Waals surface area (Å²) in [4.78, 5) is 3.36. The maximum absolute atomic E-state index is 11.1. The number of para-hydroxylation sites is 2. The molecular weight excluding hydrogens is 490 g/mol. The van der Waals surface area contributed by atoms with Crippen molar-refractivity contribution in [3.63, 3.8) is 0 Å². The van der Waals surface area contributed by atoms with Gasteiger partial charge < -0.3 is 10.0 Å². The zero-order valence-electron chi connectivity index (χ0n) is 18.7. The molecule has 2 heterocycles. The first-order valence-corrected chi connectivity index (χ1v) is 14.0. The Morgan fingerprint density at radius 1 is 1.09 bits per heavy atom. The highest BCUT2D eigenvalue weighted by atomic mass is 32.2. The van der Waals surface area contributed by atoms with Gasteiger partial charge in [0.2, 0.25) is 5.88 Å². The van der Waals surface area contributed by atoms with E-state index in [1.165, 1.54) is 0 Å². The van der Waals surface area contributed by atoms with Crippen molar-refractivity contribution in [3.05, 3.63) is 71.1 Å². The van der Waals surface area contributed by atoms with Crippen LogP contribution in [0.5, 0.6) is 5.88 Å². The number of aromatic hydroxyl groups is 1. The molecule has 0 bridgehead atoms. The standard InChI is InChI=1S/C24H27N3O4S3/c1-2-25-23(28)20(27(24(25)32)18-10-4-3-5-11-18)14-15-22-26(16-8-9-17-34(29,30)31)19-12-6-7-13-21(19)33-22/h3-7,10-15,22,28H,2,8-9,16-17H2,1H3,(H,29,30,31). The first-order valence-electron chi connectivity index (χ1n) is 11.1. The fraction of sp³-hybridized carbons (Fsp3) is 0.292. The maximum atomic E-state index is 11.1. The van der Waals surface area contributed by atoms with Gasteiger partial charge in [-0.25, -0.2) is 0 Å². The van der Waals surface area contributed by atoms with Crippen molar-refractivity contribution in [2.45, 2.75) is 36.6 Å². The Labute approximate surface area is 209 Å². The van der Waals surface area contributed by atoms with E-state index in [1.54, 1.807) is 16.3 Å². The number of anilines is 1. The minimum Gasteiger partial charge on any atom is -0.493 e. The fourth-order valence-corrected chi connectivity index (χ4v) is 6.28. The summed E-state index contributed by atoms with van der Waals surface area (Å²) < 4.78 is 35.3. The van der Waals surface area contributed by atoms with Crippen LogP contribution in [-0.2, 0) is 16.7 Å². The lowest BCUT2D eigenvalue weighted by Crippen LogP contribution is -2.29. The molecule has 1 atom stereocenters. The van der Waals surface area contributed by atoms with Gasteiger partial charge >= 0.3 is 0 Å². The van der Waals surface area contributed by atoms with Crippen molar-refractivity contribution in [2.75, 3.05) is 17.2 Å². The van der Waals surface area contributed by atoms with Crippen LogP contribution in [0.4, 0.5) is 5.69 Å². The Bertz CT molecular complexity index is 1350. The molecule has 0 saturated heterocycles. The topological polar surface area (TPSA) is 87.7 Å². The molecule has 0 amide bonds. The molecular formula is C24H27N3O4S3. The number of unbranched alkanes of at least 4 members (excludes halogenated alkanes) is 1. The molecule has 1 aliphatic rings. The second-order valence-electron chi connectivity index (χ2n) is 7.93. The second kappa shape index (κ2) is 10.4. The van der Waals surface area contributed by atoms with Crippen molar-refractivity contribution >= 4 is 45.9 Å². The van der Waals surface area contributed by atoms with Crippen LogP contribution < -0.4 is 4.90 Å². The number of imidazole rings is 1. The molecule has 7 nitrogen and oxygen atoms in total. The molecule has 180 valence electrons. The van der Waals surface area contributed by atoms with Crippen molar-refractivity contribution in [2.24, 2.45) is 0 Å². The van der Waals surface area contributed by atoms with Crippen LogP contribution in [0.2, 0.25) is 0 Å². The van der Waals surface area contributed by atoms with E-state index in [2.05, 4.69) is 17.0 Å². The van der Waals surface area contributed by atoms with Gasteiger partial charge in [-0.1, -0.05) is 42.1 Å². The molecule has 10 heteroatoms. The van der Waals surface area contributed by atoms with Gasteiger partial charge in [-0.2, -0.15) is 8.42 Å². The minimum atomic E-state index is -3.96. The maximum Gasteiger partial charge on any atom is 0.264 e. The molecule has 4 rings (SSSR count). The molecule has 1 unspecified atom stereocenters. The zero-order chi connectivity index (χ0) is 24.3. The zero-order valence-corrected chi connectivity index (χ0v) is 21.2. The van der Waals surface area contributed by atoms with Crippen LogP contribution in [0.25, 0.3) is 11.8 Å².